The van der Waals surface area contributed by atoms with Crippen molar-refractivity contribution in [2.45, 2.75) is 46.6 Å². The minimum atomic E-state index is -0.566. The Morgan fingerprint density at radius 2 is 2.10 bits per heavy atom. The molecule has 21 heavy (non-hydrogen) atoms. The summed E-state index contributed by atoms with van der Waals surface area (Å²) in [5.41, 5.74) is 4.09. The van der Waals surface area contributed by atoms with E-state index in [2.05, 4.69) is 26.0 Å². The highest BCUT2D eigenvalue weighted by Crippen LogP contribution is 2.36. The van der Waals surface area contributed by atoms with E-state index in [4.69, 9.17) is 14.5 Å². The molecule has 2 rings (SSSR count). The fourth-order valence-electron chi connectivity index (χ4n) is 3.02. The molecule has 0 aliphatic carbocycles. The molecule has 4 heteroatoms. The molecule has 1 atom stereocenters. The summed E-state index contributed by atoms with van der Waals surface area (Å²) in [7, 11) is 1.43. The van der Waals surface area contributed by atoms with Crippen molar-refractivity contribution in [1.82, 2.24) is 0 Å². The van der Waals surface area contributed by atoms with E-state index in [9.17, 15) is 4.79 Å². The molecule has 0 bridgehead atoms. The molecule has 1 aromatic rings. The first-order chi connectivity index (χ1) is 9.85. The molecular formula is C17H24O4. The van der Waals surface area contributed by atoms with E-state index < -0.39 is 5.41 Å². The lowest BCUT2D eigenvalue weighted by Gasteiger charge is -2.25. The van der Waals surface area contributed by atoms with Gasteiger partial charge in [-0.25, -0.2) is 9.78 Å². The molecule has 116 valence electrons. The molecular weight excluding hydrogens is 268 g/mol. The normalized spacial score (nSPS) is 18.8. The lowest BCUT2D eigenvalue weighted by atomic mass is 9.81. The van der Waals surface area contributed by atoms with Crippen LogP contribution in [0.15, 0.2) is 12.1 Å². The van der Waals surface area contributed by atoms with Crippen LogP contribution in [-0.4, -0.2) is 19.7 Å². The van der Waals surface area contributed by atoms with Gasteiger partial charge in [0.15, 0.2) is 0 Å². The van der Waals surface area contributed by atoms with E-state index in [0.29, 0.717) is 13.0 Å². The molecule has 1 aliphatic heterocycles. The summed E-state index contributed by atoms with van der Waals surface area (Å²) < 4.78 is 4.92. The first kappa shape index (κ1) is 16.0. The third-order valence-corrected chi connectivity index (χ3v) is 3.96. The van der Waals surface area contributed by atoms with Crippen LogP contribution in [0.4, 0.5) is 0 Å². The second kappa shape index (κ2) is 6.16. The molecule has 0 saturated carbocycles. The second-order valence-corrected chi connectivity index (χ2v) is 6.40. The molecule has 1 unspecified atom stereocenters. The zero-order chi connectivity index (χ0) is 15.6. The van der Waals surface area contributed by atoms with Crippen molar-refractivity contribution in [2.24, 2.45) is 5.41 Å². The van der Waals surface area contributed by atoms with Crippen LogP contribution in [-0.2, 0) is 25.7 Å². The number of carbonyl (C=O) groups excluding carboxylic acids is 1. The average molecular weight is 292 g/mol. The van der Waals surface area contributed by atoms with Crippen molar-refractivity contribution < 1.29 is 19.3 Å². The number of aryl methyl sites for hydroxylation is 2. The van der Waals surface area contributed by atoms with Gasteiger partial charge in [0.25, 0.3) is 0 Å². The average Bonchev–Trinajstić information content (AvgIpc) is 2.90. The Hall–Kier alpha value is -1.39. The maximum Gasteiger partial charge on any atom is 0.311 e. The van der Waals surface area contributed by atoms with Gasteiger partial charge in [0.05, 0.1) is 19.1 Å². The minimum absolute atomic E-state index is 0.0472. The number of ether oxygens (including phenoxy) is 1. The van der Waals surface area contributed by atoms with Crippen LogP contribution in [0.5, 0.6) is 0 Å². The molecule has 0 amide bonds. The van der Waals surface area contributed by atoms with Crippen molar-refractivity contribution in [3.8, 4) is 0 Å². The molecule has 0 N–H and O–H groups in total. The molecule has 1 aromatic carbocycles. The Bertz CT molecular complexity index is 528. The number of methoxy groups -OCH3 is 1. The van der Waals surface area contributed by atoms with Crippen LogP contribution in [0.25, 0.3) is 0 Å². The van der Waals surface area contributed by atoms with Gasteiger partial charge < -0.3 is 4.74 Å². The van der Waals surface area contributed by atoms with Crippen molar-refractivity contribution in [2.75, 3.05) is 13.7 Å². The molecule has 1 heterocycles. The first-order valence-corrected chi connectivity index (χ1v) is 7.32. The van der Waals surface area contributed by atoms with Gasteiger partial charge in [-0.2, -0.15) is 0 Å². The Morgan fingerprint density at radius 1 is 1.38 bits per heavy atom. The monoisotopic (exact) mass is 292 g/mol. The number of carbonyl (C=O) groups is 1. The van der Waals surface area contributed by atoms with Gasteiger partial charge >= 0.3 is 5.97 Å². The third-order valence-electron chi connectivity index (χ3n) is 3.96. The van der Waals surface area contributed by atoms with Gasteiger partial charge in [-0.1, -0.05) is 17.7 Å². The fraction of sp³-hybridized carbons (Fsp3) is 0.588. The maximum atomic E-state index is 12.0. The van der Waals surface area contributed by atoms with Gasteiger partial charge in [0, 0.05) is 6.42 Å². The summed E-state index contributed by atoms with van der Waals surface area (Å²) in [6.45, 7) is 8.58. The third kappa shape index (κ3) is 3.44. The topological polar surface area (TPSA) is 44.8 Å². The van der Waals surface area contributed by atoms with Gasteiger partial charge in [-0.15, -0.1) is 0 Å². The molecule has 1 fully saturated rings. The van der Waals surface area contributed by atoms with Crippen molar-refractivity contribution >= 4 is 5.97 Å². The highest BCUT2D eigenvalue weighted by molar-refractivity contribution is 5.76. The number of hydrogen-bond acceptors (Lipinski definition) is 4. The quantitative estimate of drug-likeness (QED) is 0.630. The summed E-state index contributed by atoms with van der Waals surface area (Å²) in [5, 5.41) is 0. The van der Waals surface area contributed by atoms with Crippen LogP contribution in [0.1, 0.15) is 48.6 Å². The molecule has 0 radical (unpaired) electrons. The highest BCUT2D eigenvalue weighted by Gasteiger charge is 2.32. The molecule has 4 nitrogen and oxygen atoms in total. The molecule has 1 saturated heterocycles. The van der Waals surface area contributed by atoms with Crippen LogP contribution < -0.4 is 0 Å². The first-order valence-electron chi connectivity index (χ1n) is 7.32. The van der Waals surface area contributed by atoms with Crippen LogP contribution >= 0.6 is 0 Å². The number of hydrogen-bond donors (Lipinski definition) is 0. The van der Waals surface area contributed by atoms with Crippen LogP contribution in [0.3, 0.4) is 0 Å². The number of benzene rings is 1. The summed E-state index contributed by atoms with van der Waals surface area (Å²) in [5.74, 6) is -0.198. The molecule has 0 spiro atoms. The minimum Gasteiger partial charge on any atom is -0.469 e. The zero-order valence-electron chi connectivity index (χ0n) is 13.5. The van der Waals surface area contributed by atoms with E-state index in [-0.39, 0.29) is 12.1 Å². The Balaban J connectivity index is 2.39. The lowest BCUT2D eigenvalue weighted by molar-refractivity contribution is -0.276. The van der Waals surface area contributed by atoms with Gasteiger partial charge in [-0.3, -0.25) is 4.79 Å². The van der Waals surface area contributed by atoms with Gasteiger partial charge in [0.2, 0.25) is 0 Å². The smallest absolute Gasteiger partial charge is 0.311 e. The summed E-state index contributed by atoms with van der Waals surface area (Å²) >= 11 is 0. The summed E-state index contributed by atoms with van der Waals surface area (Å²) in [6, 6.07) is 4.28. The van der Waals surface area contributed by atoms with Crippen LogP contribution in [0.2, 0.25) is 0 Å². The standard InChI is InChI=1S/C17H24O4/c1-11-8-12(2)15(14-6-7-20-21-14)13(9-11)10-17(3,4)16(18)19-5/h8-9,14H,6-7,10H2,1-5H3. The van der Waals surface area contributed by atoms with Crippen molar-refractivity contribution in [1.29, 1.82) is 0 Å². The molecule has 1 aliphatic rings. The Kier molecular flexibility index (Phi) is 4.69. The van der Waals surface area contributed by atoms with Gasteiger partial charge in [-0.05, 0) is 50.8 Å². The largest absolute Gasteiger partial charge is 0.469 e. The molecule has 0 aromatic heterocycles. The number of rotatable bonds is 4. The maximum absolute atomic E-state index is 12.0. The highest BCUT2D eigenvalue weighted by atomic mass is 17.2. The summed E-state index contributed by atoms with van der Waals surface area (Å²) in [6.07, 6.45) is 1.42. The predicted octanol–water partition coefficient (Wildman–Crippen LogP) is 3.44. The van der Waals surface area contributed by atoms with Crippen molar-refractivity contribution in [3.05, 3.63) is 34.4 Å². The van der Waals surface area contributed by atoms with Crippen molar-refractivity contribution in [3.63, 3.8) is 0 Å². The number of esters is 1. The SMILES string of the molecule is COC(=O)C(C)(C)Cc1cc(C)cc(C)c1C1CCOO1. The second-order valence-electron chi connectivity index (χ2n) is 6.40. The van der Waals surface area contributed by atoms with E-state index in [1.165, 1.54) is 18.2 Å². The Morgan fingerprint density at radius 3 is 2.67 bits per heavy atom. The fourth-order valence-corrected chi connectivity index (χ4v) is 3.02. The zero-order valence-corrected chi connectivity index (χ0v) is 13.5. The van der Waals surface area contributed by atoms with E-state index in [0.717, 1.165) is 17.5 Å². The van der Waals surface area contributed by atoms with E-state index in [1.807, 2.05) is 13.8 Å². The Labute approximate surface area is 126 Å². The van der Waals surface area contributed by atoms with Crippen LogP contribution in [0, 0.1) is 19.3 Å². The predicted molar refractivity (Wildman–Crippen MR) is 79.8 cm³/mol. The summed E-state index contributed by atoms with van der Waals surface area (Å²) in [4.78, 5) is 22.4. The van der Waals surface area contributed by atoms with E-state index >= 15 is 0 Å². The van der Waals surface area contributed by atoms with Gasteiger partial charge in [0.1, 0.15) is 6.10 Å². The lowest BCUT2D eigenvalue weighted by Crippen LogP contribution is -2.28. The van der Waals surface area contributed by atoms with E-state index in [1.54, 1.807) is 0 Å².